The molecule has 0 saturated carbocycles. The molecule has 0 atom stereocenters. The smallest absolute Gasteiger partial charge is 0.270 e. The number of nitrogens with zero attached hydrogens (tertiary/aromatic N) is 2. The van der Waals surface area contributed by atoms with Gasteiger partial charge in [0.2, 0.25) is 0 Å². The van der Waals surface area contributed by atoms with Crippen LogP contribution in [0.5, 0.6) is 5.75 Å². The van der Waals surface area contributed by atoms with E-state index in [1.807, 2.05) is 0 Å². The van der Waals surface area contributed by atoms with Gasteiger partial charge in [0.05, 0.1) is 28.7 Å². The van der Waals surface area contributed by atoms with Gasteiger partial charge in [0.1, 0.15) is 17.9 Å². The lowest BCUT2D eigenvalue weighted by molar-refractivity contribution is -0.384. The molecule has 3 aromatic carbocycles. The third-order valence-corrected chi connectivity index (χ3v) is 7.62. The lowest BCUT2D eigenvalue weighted by atomic mass is 10.1. The van der Waals surface area contributed by atoms with Crippen LogP contribution in [0, 0.1) is 13.7 Å². The van der Waals surface area contributed by atoms with Crippen molar-refractivity contribution in [1.29, 1.82) is 0 Å². The minimum absolute atomic E-state index is 0.00448. The summed E-state index contributed by atoms with van der Waals surface area (Å²) in [5.41, 5.74) is 1.41. The van der Waals surface area contributed by atoms with Gasteiger partial charge in [-0.3, -0.25) is 29.9 Å². The normalized spacial score (nSPS) is 14.6. The molecule has 37 heavy (non-hydrogen) atoms. The van der Waals surface area contributed by atoms with Crippen LogP contribution in [-0.2, 0) is 16.2 Å². The molecule has 0 aliphatic carbocycles. The fourth-order valence-electron chi connectivity index (χ4n) is 3.38. The lowest BCUT2D eigenvalue weighted by Gasteiger charge is -2.29. The second kappa shape index (κ2) is 11.4. The Hall–Kier alpha value is -2.58. The largest absolute Gasteiger partial charge is 0.487 e. The molecule has 0 bridgehead atoms. The topological polar surface area (TPSA) is 102 Å². The number of ether oxygens (including phenoxy) is 1. The van der Waals surface area contributed by atoms with Crippen LogP contribution >= 0.6 is 73.9 Å². The van der Waals surface area contributed by atoms with Gasteiger partial charge in [0.15, 0.2) is 5.11 Å². The Morgan fingerprint density at radius 3 is 2.51 bits per heavy atom. The van der Waals surface area contributed by atoms with Crippen LogP contribution in [0.1, 0.15) is 11.1 Å². The number of thiocarbonyl (C=S) groups is 1. The summed E-state index contributed by atoms with van der Waals surface area (Å²) in [5.74, 6) is -0.759. The molecule has 0 radical (unpaired) electrons. The number of amides is 2. The van der Waals surface area contributed by atoms with E-state index in [4.69, 9.17) is 40.2 Å². The molecule has 1 fully saturated rings. The molecule has 13 heteroatoms. The number of nitro benzene ring substituents is 1. The highest BCUT2D eigenvalue weighted by atomic mass is 127. The summed E-state index contributed by atoms with van der Waals surface area (Å²) in [7, 11) is 0. The van der Waals surface area contributed by atoms with Crippen LogP contribution in [0.4, 0.5) is 11.4 Å². The van der Waals surface area contributed by atoms with Gasteiger partial charge >= 0.3 is 0 Å². The molecular formula is C24H13BrCl2IN3O5S. The van der Waals surface area contributed by atoms with Crippen LogP contribution in [0.25, 0.3) is 6.08 Å². The van der Waals surface area contributed by atoms with Crippen molar-refractivity contribution in [3.63, 3.8) is 0 Å². The first-order chi connectivity index (χ1) is 17.6. The standard InChI is InChI=1S/C24H13BrCl2IN3O5S/c25-16-9-13(10-18(28)21(16)36-11-12-4-6-14(7-5-12)31(34)35)8-15-22(32)29-24(37)30(23(15)33)19-3-1-2-17(26)20(19)27/h1-10H,11H2,(H,29,32,37)/b15-8+. The van der Waals surface area contributed by atoms with Crippen LogP contribution in [0.15, 0.2) is 64.6 Å². The molecule has 4 rings (SSSR count). The molecule has 0 aromatic heterocycles. The highest BCUT2D eigenvalue weighted by Gasteiger charge is 2.35. The van der Waals surface area contributed by atoms with E-state index in [1.165, 1.54) is 18.2 Å². The molecule has 3 aromatic rings. The summed E-state index contributed by atoms with van der Waals surface area (Å²) < 4.78 is 7.20. The number of nitrogens with one attached hydrogen (secondary N) is 1. The van der Waals surface area contributed by atoms with E-state index in [1.54, 1.807) is 42.5 Å². The number of carbonyl (C=O) groups excluding carboxylic acids is 2. The van der Waals surface area contributed by atoms with Gasteiger partial charge in [-0.25, -0.2) is 0 Å². The maximum Gasteiger partial charge on any atom is 0.270 e. The van der Waals surface area contributed by atoms with Crippen molar-refractivity contribution >= 4 is 108 Å². The van der Waals surface area contributed by atoms with Crippen molar-refractivity contribution < 1.29 is 19.2 Å². The van der Waals surface area contributed by atoms with Crippen molar-refractivity contribution in [2.75, 3.05) is 4.90 Å². The number of hydrogen-bond donors (Lipinski definition) is 1. The third kappa shape index (κ3) is 5.96. The quantitative estimate of drug-likeness (QED) is 0.0759. The summed E-state index contributed by atoms with van der Waals surface area (Å²) in [6, 6.07) is 14.3. The Balaban J connectivity index is 1.59. The lowest BCUT2D eigenvalue weighted by Crippen LogP contribution is -2.54. The van der Waals surface area contributed by atoms with E-state index in [-0.39, 0.29) is 38.7 Å². The number of non-ortho nitro benzene ring substituents is 1. The molecule has 1 N–H and O–H groups in total. The molecule has 2 amide bonds. The van der Waals surface area contributed by atoms with E-state index in [9.17, 15) is 19.7 Å². The number of anilines is 1. The summed E-state index contributed by atoms with van der Waals surface area (Å²) in [5, 5.41) is 13.6. The highest BCUT2D eigenvalue weighted by Crippen LogP contribution is 2.36. The Morgan fingerprint density at radius 1 is 1.16 bits per heavy atom. The summed E-state index contributed by atoms with van der Waals surface area (Å²) in [6.07, 6.45) is 1.44. The van der Waals surface area contributed by atoms with E-state index < -0.39 is 16.7 Å². The molecule has 0 unspecified atom stereocenters. The number of benzene rings is 3. The van der Waals surface area contributed by atoms with Crippen LogP contribution in [-0.4, -0.2) is 21.9 Å². The zero-order valence-electron chi connectivity index (χ0n) is 18.3. The minimum Gasteiger partial charge on any atom is -0.487 e. The molecule has 188 valence electrons. The minimum atomic E-state index is -0.650. The van der Waals surface area contributed by atoms with E-state index in [2.05, 4.69) is 43.8 Å². The Morgan fingerprint density at radius 2 is 1.86 bits per heavy atom. The molecule has 0 spiro atoms. The Bertz CT molecular complexity index is 1480. The monoisotopic (exact) mass is 731 g/mol. The predicted molar refractivity (Wildman–Crippen MR) is 157 cm³/mol. The first-order valence-corrected chi connectivity index (χ1v) is 13.3. The van der Waals surface area contributed by atoms with Crippen molar-refractivity contribution in [3.05, 3.63) is 99.5 Å². The molecule has 1 heterocycles. The first-order valence-electron chi connectivity index (χ1n) is 10.3. The fraction of sp³-hybridized carbons (Fsp3) is 0.0417. The van der Waals surface area contributed by atoms with Gasteiger partial charge < -0.3 is 4.74 Å². The molecule has 1 aliphatic rings. The van der Waals surface area contributed by atoms with E-state index in [0.29, 0.717) is 19.4 Å². The number of nitro groups is 1. The van der Waals surface area contributed by atoms with Crippen LogP contribution < -0.4 is 15.0 Å². The number of halogens is 4. The fourth-order valence-corrected chi connectivity index (χ4v) is 5.80. The van der Waals surface area contributed by atoms with E-state index in [0.717, 1.165) is 10.5 Å². The van der Waals surface area contributed by atoms with Crippen LogP contribution in [0.3, 0.4) is 0 Å². The SMILES string of the molecule is O=C1NC(=S)N(c2cccc(Cl)c2Cl)C(=O)/C1=C/c1cc(Br)c(OCc2ccc([N+](=O)[O-])cc2)c(I)c1. The van der Waals surface area contributed by atoms with Gasteiger partial charge in [0, 0.05) is 12.1 Å². The Kier molecular flexibility index (Phi) is 8.49. The molecule has 1 aliphatic heterocycles. The van der Waals surface area contributed by atoms with Gasteiger partial charge in [-0.2, -0.15) is 0 Å². The summed E-state index contributed by atoms with van der Waals surface area (Å²) in [4.78, 5) is 37.4. The Labute approximate surface area is 248 Å². The first kappa shape index (κ1) is 27.5. The van der Waals surface area contributed by atoms with Crippen molar-refractivity contribution in [2.45, 2.75) is 6.61 Å². The second-order valence-electron chi connectivity index (χ2n) is 7.56. The zero-order valence-corrected chi connectivity index (χ0v) is 24.4. The van der Waals surface area contributed by atoms with Gasteiger partial charge in [0.25, 0.3) is 17.5 Å². The van der Waals surface area contributed by atoms with Crippen molar-refractivity contribution in [3.8, 4) is 5.75 Å². The van der Waals surface area contributed by atoms with Gasteiger partial charge in [-0.15, -0.1) is 0 Å². The van der Waals surface area contributed by atoms with Gasteiger partial charge in [-0.1, -0.05) is 29.3 Å². The maximum atomic E-state index is 13.3. The number of carbonyl (C=O) groups is 2. The maximum absolute atomic E-state index is 13.3. The zero-order chi connectivity index (χ0) is 26.9. The van der Waals surface area contributed by atoms with Gasteiger partial charge in [-0.05, 0) is 104 Å². The van der Waals surface area contributed by atoms with Crippen molar-refractivity contribution in [2.24, 2.45) is 0 Å². The average Bonchev–Trinajstić information content (AvgIpc) is 2.84. The van der Waals surface area contributed by atoms with Crippen LogP contribution in [0.2, 0.25) is 10.0 Å². The third-order valence-electron chi connectivity index (χ3n) is 5.14. The number of hydrogen-bond acceptors (Lipinski definition) is 6. The second-order valence-corrected chi connectivity index (χ2v) is 10.7. The number of rotatable bonds is 6. The summed E-state index contributed by atoms with van der Waals surface area (Å²) in [6.45, 7) is 0.181. The average molecular weight is 733 g/mol. The molecule has 8 nitrogen and oxygen atoms in total. The van der Waals surface area contributed by atoms with Crippen molar-refractivity contribution in [1.82, 2.24) is 5.32 Å². The molecule has 1 saturated heterocycles. The van der Waals surface area contributed by atoms with E-state index >= 15 is 0 Å². The predicted octanol–water partition coefficient (Wildman–Crippen LogP) is 6.68. The highest BCUT2D eigenvalue weighted by molar-refractivity contribution is 14.1. The molecular weight excluding hydrogens is 720 g/mol. The summed E-state index contributed by atoms with van der Waals surface area (Å²) >= 11 is 23.2.